The number of hydrogen-bond acceptors (Lipinski definition) is 4. The topological polar surface area (TPSA) is 90.1 Å². The number of rotatable bonds is 5. The van der Waals surface area contributed by atoms with E-state index >= 15 is 0 Å². The monoisotopic (exact) mass is 429 g/mol. The molecule has 0 unspecified atom stereocenters. The van der Waals surface area contributed by atoms with Crippen LogP contribution in [0, 0.1) is 5.82 Å². The van der Waals surface area contributed by atoms with E-state index in [1.807, 2.05) is 0 Å². The number of pyridine rings is 1. The highest BCUT2D eigenvalue weighted by molar-refractivity contribution is 6.30. The Morgan fingerprint density at radius 3 is 2.67 bits per heavy atom. The third kappa shape index (κ3) is 4.60. The molecule has 3 heterocycles. The minimum Gasteiger partial charge on any atom is -0.349 e. The van der Waals surface area contributed by atoms with E-state index in [0.717, 1.165) is 10.9 Å². The second-order valence-electron chi connectivity index (χ2n) is 7.21. The molecule has 4 rings (SSSR count). The van der Waals surface area contributed by atoms with Crippen LogP contribution < -0.4 is 10.6 Å². The molecule has 0 spiro atoms. The smallest absolute Gasteiger partial charge is 0.268 e. The summed E-state index contributed by atoms with van der Waals surface area (Å²) in [5, 5.41) is 7.13. The number of nitrogens with one attached hydrogen (secondary N) is 3. The van der Waals surface area contributed by atoms with Crippen molar-refractivity contribution in [1.82, 2.24) is 25.5 Å². The number of benzene rings is 1. The number of H-pyrrole nitrogens is 1. The van der Waals surface area contributed by atoms with E-state index in [1.54, 1.807) is 35.4 Å². The van der Waals surface area contributed by atoms with Crippen LogP contribution in [-0.2, 0) is 11.2 Å². The summed E-state index contributed by atoms with van der Waals surface area (Å²) in [6.07, 6.45) is 1.82. The fourth-order valence-corrected chi connectivity index (χ4v) is 3.69. The predicted molar refractivity (Wildman–Crippen MR) is 112 cm³/mol. The Morgan fingerprint density at radius 1 is 1.20 bits per heavy atom. The lowest BCUT2D eigenvalue weighted by Crippen LogP contribution is -2.54. The number of aromatic nitrogens is 2. The molecule has 1 atom stereocenters. The van der Waals surface area contributed by atoms with Crippen molar-refractivity contribution in [2.24, 2.45) is 0 Å². The van der Waals surface area contributed by atoms with Crippen molar-refractivity contribution in [2.45, 2.75) is 12.5 Å². The van der Waals surface area contributed by atoms with Gasteiger partial charge in [0.05, 0.1) is 11.7 Å². The number of hydrogen-bond donors (Lipinski definition) is 3. The summed E-state index contributed by atoms with van der Waals surface area (Å²) in [5.41, 5.74) is 1.75. The highest BCUT2D eigenvalue weighted by atomic mass is 35.5. The summed E-state index contributed by atoms with van der Waals surface area (Å²) in [7, 11) is 0. The fourth-order valence-electron chi connectivity index (χ4n) is 3.52. The molecule has 7 nitrogen and oxygen atoms in total. The third-order valence-electron chi connectivity index (χ3n) is 5.10. The van der Waals surface area contributed by atoms with Crippen molar-refractivity contribution in [1.29, 1.82) is 0 Å². The number of carbonyl (C=O) groups excluding carboxylic acids is 2. The van der Waals surface area contributed by atoms with Gasteiger partial charge in [-0.3, -0.25) is 9.59 Å². The van der Waals surface area contributed by atoms with E-state index in [2.05, 4.69) is 20.6 Å². The number of nitrogens with zero attached hydrogens (tertiary/aromatic N) is 2. The van der Waals surface area contributed by atoms with Gasteiger partial charge in [-0.05, 0) is 29.8 Å². The van der Waals surface area contributed by atoms with Gasteiger partial charge in [-0.15, -0.1) is 0 Å². The number of fused-ring (bicyclic) bond motifs is 1. The molecule has 9 heteroatoms. The van der Waals surface area contributed by atoms with Crippen LogP contribution in [0.1, 0.15) is 16.1 Å². The molecule has 1 saturated heterocycles. The van der Waals surface area contributed by atoms with E-state index < -0.39 is 11.9 Å². The molecule has 3 N–H and O–H groups in total. The van der Waals surface area contributed by atoms with Crippen LogP contribution in [0.25, 0.3) is 10.9 Å². The highest BCUT2D eigenvalue weighted by Crippen LogP contribution is 2.18. The average molecular weight is 430 g/mol. The lowest BCUT2D eigenvalue weighted by Gasteiger charge is -2.31. The molecular weight excluding hydrogens is 409 g/mol. The zero-order valence-corrected chi connectivity index (χ0v) is 16.9. The summed E-state index contributed by atoms with van der Waals surface area (Å²) in [4.78, 5) is 34.8. The van der Waals surface area contributed by atoms with Crippen LogP contribution in [0.3, 0.4) is 0 Å². The first-order valence-corrected chi connectivity index (χ1v) is 10.1. The van der Waals surface area contributed by atoms with Gasteiger partial charge in [0, 0.05) is 38.0 Å². The van der Waals surface area contributed by atoms with Gasteiger partial charge in [0.2, 0.25) is 5.91 Å². The van der Waals surface area contributed by atoms with Gasteiger partial charge in [0.25, 0.3) is 5.91 Å². The zero-order chi connectivity index (χ0) is 21.1. The lowest BCUT2D eigenvalue weighted by atomic mass is 10.0. The van der Waals surface area contributed by atoms with E-state index in [-0.39, 0.29) is 18.1 Å². The van der Waals surface area contributed by atoms with Crippen molar-refractivity contribution < 1.29 is 14.0 Å². The summed E-state index contributed by atoms with van der Waals surface area (Å²) in [5.74, 6) is -0.911. The van der Waals surface area contributed by atoms with Gasteiger partial charge in [-0.1, -0.05) is 23.7 Å². The summed E-state index contributed by atoms with van der Waals surface area (Å²) < 4.78 is 13.3. The summed E-state index contributed by atoms with van der Waals surface area (Å²) in [6.45, 7) is 2.56. The SMILES string of the molecule is O=C(N[C@@H](Cc1ccc(F)cc1)C(=O)N1CCNCC1)c1cc2cc(Cl)ncc2[nH]1. The molecule has 1 aliphatic rings. The molecule has 0 saturated carbocycles. The molecule has 1 fully saturated rings. The van der Waals surface area contributed by atoms with Gasteiger partial charge in [-0.25, -0.2) is 9.37 Å². The maximum absolute atomic E-state index is 13.3. The molecule has 0 aliphatic carbocycles. The van der Waals surface area contributed by atoms with Gasteiger partial charge in [0.1, 0.15) is 22.7 Å². The van der Waals surface area contributed by atoms with Crippen molar-refractivity contribution in [2.75, 3.05) is 26.2 Å². The highest BCUT2D eigenvalue weighted by Gasteiger charge is 2.28. The van der Waals surface area contributed by atoms with Crippen LogP contribution in [0.2, 0.25) is 5.15 Å². The Bertz CT molecular complexity index is 1060. The number of amides is 2. The molecule has 1 aromatic carbocycles. The number of carbonyl (C=O) groups is 2. The third-order valence-corrected chi connectivity index (χ3v) is 5.31. The Hall–Kier alpha value is -2.97. The zero-order valence-electron chi connectivity index (χ0n) is 16.1. The van der Waals surface area contributed by atoms with Gasteiger partial charge in [-0.2, -0.15) is 0 Å². The maximum Gasteiger partial charge on any atom is 0.268 e. The van der Waals surface area contributed by atoms with E-state index in [9.17, 15) is 14.0 Å². The Morgan fingerprint density at radius 2 is 1.93 bits per heavy atom. The number of piperazine rings is 1. The van der Waals surface area contributed by atoms with E-state index in [0.29, 0.717) is 42.5 Å². The minimum atomic E-state index is -0.769. The van der Waals surface area contributed by atoms with Gasteiger partial charge < -0.3 is 20.5 Å². The molecule has 3 aromatic rings. The Balaban J connectivity index is 1.56. The maximum atomic E-state index is 13.3. The van der Waals surface area contributed by atoms with Crippen LogP contribution >= 0.6 is 11.6 Å². The van der Waals surface area contributed by atoms with Crippen molar-refractivity contribution in [3.63, 3.8) is 0 Å². The lowest BCUT2D eigenvalue weighted by molar-refractivity contribution is -0.133. The van der Waals surface area contributed by atoms with Gasteiger partial charge >= 0.3 is 0 Å². The molecular formula is C21H21ClFN5O2. The number of aromatic amines is 1. The largest absolute Gasteiger partial charge is 0.349 e. The molecule has 30 heavy (non-hydrogen) atoms. The van der Waals surface area contributed by atoms with Crippen molar-refractivity contribution >= 4 is 34.3 Å². The first kappa shape index (κ1) is 20.3. The first-order chi connectivity index (χ1) is 14.5. The van der Waals surface area contributed by atoms with Crippen molar-refractivity contribution in [3.8, 4) is 0 Å². The second-order valence-corrected chi connectivity index (χ2v) is 7.60. The van der Waals surface area contributed by atoms with Crippen LogP contribution in [0.15, 0.2) is 42.6 Å². The standard InChI is InChI=1S/C21H21ClFN5O2/c22-19-11-14-10-16(26-18(14)12-25-19)20(29)27-17(9-13-1-3-15(23)4-2-13)21(30)28-7-5-24-6-8-28/h1-4,10-12,17,24,26H,5-9H2,(H,27,29)/t17-/m0/s1. The van der Waals surface area contributed by atoms with Crippen LogP contribution in [-0.4, -0.2) is 58.9 Å². The van der Waals surface area contributed by atoms with E-state index in [1.165, 1.54) is 12.1 Å². The Kier molecular flexibility index (Phi) is 5.96. The first-order valence-electron chi connectivity index (χ1n) is 9.69. The van der Waals surface area contributed by atoms with Crippen LogP contribution in [0.4, 0.5) is 4.39 Å². The second kappa shape index (κ2) is 8.81. The molecule has 0 bridgehead atoms. The quantitative estimate of drug-likeness (QED) is 0.542. The minimum absolute atomic E-state index is 0.157. The fraction of sp³-hybridized carbons (Fsp3) is 0.286. The molecule has 156 valence electrons. The summed E-state index contributed by atoms with van der Waals surface area (Å²) >= 11 is 5.91. The van der Waals surface area contributed by atoms with E-state index in [4.69, 9.17) is 11.6 Å². The summed E-state index contributed by atoms with van der Waals surface area (Å²) in [6, 6.07) is 8.49. The molecule has 2 amide bonds. The normalized spacial score (nSPS) is 15.2. The Labute approximate surface area is 177 Å². The average Bonchev–Trinajstić information content (AvgIpc) is 3.18. The predicted octanol–water partition coefficient (Wildman–Crippen LogP) is 2.13. The molecule has 1 aliphatic heterocycles. The molecule has 0 radical (unpaired) electrons. The van der Waals surface area contributed by atoms with Crippen molar-refractivity contribution in [3.05, 3.63) is 64.8 Å². The van der Waals surface area contributed by atoms with Crippen LogP contribution in [0.5, 0.6) is 0 Å². The van der Waals surface area contributed by atoms with Gasteiger partial charge in [0.15, 0.2) is 0 Å². The molecule has 2 aromatic heterocycles. The number of halogens is 2.